The fourth-order valence-electron chi connectivity index (χ4n) is 4.47. The van der Waals surface area contributed by atoms with Crippen molar-refractivity contribution in [3.05, 3.63) is 35.9 Å². The van der Waals surface area contributed by atoms with Crippen molar-refractivity contribution < 1.29 is 23.0 Å². The van der Waals surface area contributed by atoms with E-state index in [1.165, 1.54) is 0 Å². The summed E-state index contributed by atoms with van der Waals surface area (Å²) in [6.07, 6.45) is -0.211. The highest BCUT2D eigenvalue weighted by Crippen LogP contribution is 2.31. The first-order valence-corrected chi connectivity index (χ1v) is 12.1. The van der Waals surface area contributed by atoms with Crippen molar-refractivity contribution in [2.45, 2.75) is 32.6 Å². The topological polar surface area (TPSA) is 82.6 Å². The number of rotatable bonds is 5. The Balaban J connectivity index is 1.46. The molecule has 0 unspecified atom stereocenters. The largest absolute Gasteiger partial charge is 0.508 e. The van der Waals surface area contributed by atoms with Crippen LogP contribution in [-0.4, -0.2) is 85.6 Å². The standard InChI is InChI=1S/C22H31N3O5S/c1-16-13-25(14-17(2)30-16)31(27,28)24-10-8-23(9-11-24)15-21-20-12-19(29-3)6-4-18(20)5-7-22(21)26/h4-7,12,16-17,26H,8-11,13-15H2,1-3H3/t16-,17-/m1/s1. The summed E-state index contributed by atoms with van der Waals surface area (Å²) < 4.78 is 40.4. The minimum atomic E-state index is -3.50. The van der Waals surface area contributed by atoms with Crippen molar-refractivity contribution in [2.24, 2.45) is 0 Å². The number of methoxy groups -OCH3 is 1. The molecule has 31 heavy (non-hydrogen) atoms. The Morgan fingerprint density at radius 2 is 1.68 bits per heavy atom. The molecule has 2 saturated heterocycles. The molecule has 4 rings (SSSR count). The van der Waals surface area contributed by atoms with Crippen LogP contribution in [0.3, 0.4) is 0 Å². The average molecular weight is 450 g/mol. The first kappa shape index (κ1) is 22.3. The van der Waals surface area contributed by atoms with E-state index < -0.39 is 10.2 Å². The van der Waals surface area contributed by atoms with Gasteiger partial charge in [-0.05, 0) is 42.8 Å². The van der Waals surface area contributed by atoms with Crippen molar-refractivity contribution in [1.29, 1.82) is 0 Å². The normalized spacial score (nSPS) is 24.5. The third-order valence-electron chi connectivity index (χ3n) is 6.07. The predicted octanol–water partition coefficient (Wildman–Crippen LogP) is 2.03. The summed E-state index contributed by atoms with van der Waals surface area (Å²) >= 11 is 0. The Bertz CT molecular complexity index is 1030. The van der Waals surface area contributed by atoms with Gasteiger partial charge in [0.1, 0.15) is 11.5 Å². The number of piperazine rings is 1. The minimum absolute atomic E-state index is 0.105. The molecule has 0 bridgehead atoms. The number of hydrogen-bond donors (Lipinski definition) is 1. The predicted molar refractivity (Wildman–Crippen MR) is 120 cm³/mol. The van der Waals surface area contributed by atoms with Crippen LogP contribution in [0.1, 0.15) is 19.4 Å². The molecule has 170 valence electrons. The second-order valence-electron chi connectivity index (χ2n) is 8.41. The van der Waals surface area contributed by atoms with Gasteiger partial charge in [-0.25, -0.2) is 0 Å². The molecule has 2 heterocycles. The molecule has 8 nitrogen and oxygen atoms in total. The number of fused-ring (bicyclic) bond motifs is 1. The van der Waals surface area contributed by atoms with E-state index in [4.69, 9.17) is 9.47 Å². The monoisotopic (exact) mass is 449 g/mol. The Kier molecular flexibility index (Phi) is 6.41. The fourth-order valence-corrected chi connectivity index (χ4v) is 6.21. The fraction of sp³-hybridized carbons (Fsp3) is 0.545. The number of hydrogen-bond acceptors (Lipinski definition) is 6. The van der Waals surface area contributed by atoms with Gasteiger partial charge in [-0.3, -0.25) is 4.90 Å². The number of aromatic hydroxyl groups is 1. The SMILES string of the molecule is COc1ccc2ccc(O)c(CN3CCN(S(=O)(=O)N4C[C@@H](C)O[C@H](C)C4)CC3)c2c1. The van der Waals surface area contributed by atoms with Crippen LogP contribution in [-0.2, 0) is 21.5 Å². The van der Waals surface area contributed by atoms with E-state index in [0.29, 0.717) is 45.8 Å². The third-order valence-corrected chi connectivity index (χ3v) is 8.04. The van der Waals surface area contributed by atoms with Gasteiger partial charge in [-0.15, -0.1) is 0 Å². The van der Waals surface area contributed by atoms with E-state index in [9.17, 15) is 13.5 Å². The summed E-state index contributed by atoms with van der Waals surface area (Å²) in [5.41, 5.74) is 0.837. The van der Waals surface area contributed by atoms with E-state index in [1.54, 1.807) is 21.8 Å². The summed E-state index contributed by atoms with van der Waals surface area (Å²) in [6, 6.07) is 9.42. The minimum Gasteiger partial charge on any atom is -0.508 e. The van der Waals surface area contributed by atoms with Gasteiger partial charge in [-0.2, -0.15) is 17.0 Å². The highest BCUT2D eigenvalue weighted by Gasteiger charge is 2.36. The molecule has 2 fully saturated rings. The highest BCUT2D eigenvalue weighted by atomic mass is 32.2. The average Bonchev–Trinajstić information content (AvgIpc) is 2.75. The summed E-state index contributed by atoms with van der Waals surface area (Å²) in [7, 11) is -1.88. The number of benzene rings is 2. The summed E-state index contributed by atoms with van der Waals surface area (Å²) in [4.78, 5) is 2.19. The Morgan fingerprint density at radius 1 is 1.03 bits per heavy atom. The maximum atomic E-state index is 13.1. The van der Waals surface area contributed by atoms with Crippen LogP contribution in [0, 0.1) is 0 Å². The van der Waals surface area contributed by atoms with Crippen LogP contribution < -0.4 is 4.74 Å². The third kappa shape index (κ3) is 4.65. The van der Waals surface area contributed by atoms with Crippen LogP contribution in [0.25, 0.3) is 10.8 Å². The zero-order valence-corrected chi connectivity index (χ0v) is 19.1. The number of ether oxygens (including phenoxy) is 2. The van der Waals surface area contributed by atoms with Crippen molar-refractivity contribution in [1.82, 2.24) is 13.5 Å². The van der Waals surface area contributed by atoms with Crippen LogP contribution in [0.15, 0.2) is 30.3 Å². The molecule has 2 aliphatic heterocycles. The number of nitrogens with zero attached hydrogens (tertiary/aromatic N) is 3. The van der Waals surface area contributed by atoms with Crippen molar-refractivity contribution in [2.75, 3.05) is 46.4 Å². The van der Waals surface area contributed by atoms with Gasteiger partial charge >= 0.3 is 0 Å². The molecule has 0 spiro atoms. The maximum Gasteiger partial charge on any atom is 0.282 e. The lowest BCUT2D eigenvalue weighted by molar-refractivity contribution is -0.0457. The van der Waals surface area contributed by atoms with E-state index in [2.05, 4.69) is 4.90 Å². The number of morpholine rings is 1. The smallest absolute Gasteiger partial charge is 0.282 e. The second-order valence-corrected chi connectivity index (χ2v) is 10.3. The lowest BCUT2D eigenvalue weighted by Crippen LogP contribution is -2.57. The zero-order chi connectivity index (χ0) is 22.2. The van der Waals surface area contributed by atoms with Crippen LogP contribution >= 0.6 is 0 Å². The maximum absolute atomic E-state index is 13.1. The van der Waals surface area contributed by atoms with Crippen molar-refractivity contribution in [3.8, 4) is 11.5 Å². The number of phenols is 1. The summed E-state index contributed by atoms with van der Waals surface area (Å²) in [5.74, 6) is 0.983. The van der Waals surface area contributed by atoms with Gasteiger partial charge < -0.3 is 14.6 Å². The first-order chi connectivity index (χ1) is 14.8. The van der Waals surface area contributed by atoms with E-state index >= 15 is 0 Å². The molecule has 2 aromatic carbocycles. The van der Waals surface area contributed by atoms with Crippen molar-refractivity contribution in [3.63, 3.8) is 0 Å². The van der Waals surface area contributed by atoms with E-state index in [-0.39, 0.29) is 18.0 Å². The summed E-state index contributed by atoms with van der Waals surface area (Å²) in [6.45, 7) is 7.20. The molecule has 0 radical (unpaired) electrons. The van der Waals surface area contributed by atoms with Gasteiger partial charge in [0.25, 0.3) is 10.2 Å². The van der Waals surface area contributed by atoms with Crippen molar-refractivity contribution >= 4 is 21.0 Å². The van der Waals surface area contributed by atoms with Crippen LogP contribution in [0.2, 0.25) is 0 Å². The Morgan fingerprint density at radius 3 is 2.32 bits per heavy atom. The molecule has 0 saturated carbocycles. The second kappa shape index (κ2) is 8.91. The summed E-state index contributed by atoms with van der Waals surface area (Å²) in [5, 5.41) is 12.5. The van der Waals surface area contributed by atoms with E-state index in [1.807, 2.05) is 38.1 Å². The molecular formula is C22H31N3O5S. The molecule has 0 aromatic heterocycles. The molecule has 0 amide bonds. The molecule has 0 aliphatic carbocycles. The van der Waals surface area contributed by atoms with Crippen LogP contribution in [0.5, 0.6) is 11.5 Å². The Hall–Kier alpha value is -1.91. The quantitative estimate of drug-likeness (QED) is 0.752. The lowest BCUT2D eigenvalue weighted by Gasteiger charge is -2.40. The van der Waals surface area contributed by atoms with Gasteiger partial charge in [0, 0.05) is 51.4 Å². The molecule has 1 N–H and O–H groups in total. The lowest BCUT2D eigenvalue weighted by atomic mass is 10.0. The molecular weight excluding hydrogens is 418 g/mol. The zero-order valence-electron chi connectivity index (χ0n) is 18.3. The highest BCUT2D eigenvalue weighted by molar-refractivity contribution is 7.86. The molecule has 2 aromatic rings. The molecule has 2 aliphatic rings. The van der Waals surface area contributed by atoms with Gasteiger partial charge in [0.2, 0.25) is 0 Å². The van der Waals surface area contributed by atoms with Gasteiger partial charge in [-0.1, -0.05) is 12.1 Å². The van der Waals surface area contributed by atoms with Crippen LogP contribution in [0.4, 0.5) is 0 Å². The van der Waals surface area contributed by atoms with Gasteiger partial charge in [0.15, 0.2) is 0 Å². The Labute approximate surface area is 184 Å². The molecule has 2 atom stereocenters. The number of phenolic OH excluding ortho intramolecular Hbond substituents is 1. The molecule has 9 heteroatoms. The first-order valence-electron chi connectivity index (χ1n) is 10.7. The van der Waals surface area contributed by atoms with E-state index in [0.717, 1.165) is 22.1 Å². The van der Waals surface area contributed by atoms with Gasteiger partial charge in [0.05, 0.1) is 19.3 Å².